The number of hydrogen-bond donors (Lipinski definition) is 2. The van der Waals surface area contributed by atoms with Crippen molar-refractivity contribution in [3.8, 4) is 16.9 Å². The summed E-state index contributed by atoms with van der Waals surface area (Å²) in [6.45, 7) is 0. The molecule has 5 heteroatoms. The molecule has 1 heterocycles. The highest BCUT2D eigenvalue weighted by Crippen LogP contribution is 2.38. The number of rotatable bonds is 3. The molecule has 4 nitrogen and oxygen atoms in total. The van der Waals surface area contributed by atoms with Gasteiger partial charge in [0.25, 0.3) is 0 Å². The van der Waals surface area contributed by atoms with E-state index in [1.165, 1.54) is 0 Å². The molecule has 26 heavy (non-hydrogen) atoms. The van der Waals surface area contributed by atoms with Gasteiger partial charge in [-0.05, 0) is 48.8 Å². The van der Waals surface area contributed by atoms with Crippen LogP contribution in [0.3, 0.4) is 0 Å². The SMILES string of the molecule is Nc1ncc(-c2ccccc2)c2cc(O[C@H]3CC[C@H](N)CC3)cc(Cl)c12. The van der Waals surface area contributed by atoms with Crippen LogP contribution in [-0.2, 0) is 0 Å². The van der Waals surface area contributed by atoms with Crippen molar-refractivity contribution in [3.63, 3.8) is 0 Å². The second kappa shape index (κ2) is 7.14. The molecular weight excluding hydrogens is 346 g/mol. The number of aromatic nitrogens is 1. The Morgan fingerprint density at radius 3 is 2.50 bits per heavy atom. The highest BCUT2D eigenvalue weighted by Gasteiger charge is 2.21. The van der Waals surface area contributed by atoms with Gasteiger partial charge < -0.3 is 16.2 Å². The van der Waals surface area contributed by atoms with Crippen LogP contribution in [0.15, 0.2) is 48.7 Å². The van der Waals surface area contributed by atoms with Crippen molar-refractivity contribution in [2.45, 2.75) is 37.8 Å². The van der Waals surface area contributed by atoms with Crippen LogP contribution in [0, 0.1) is 0 Å². The largest absolute Gasteiger partial charge is 0.490 e. The molecule has 1 aliphatic rings. The third-order valence-corrected chi connectivity index (χ3v) is 5.35. The summed E-state index contributed by atoms with van der Waals surface area (Å²) in [5.41, 5.74) is 14.2. The molecule has 0 amide bonds. The molecule has 0 atom stereocenters. The first-order chi connectivity index (χ1) is 12.6. The van der Waals surface area contributed by atoms with Crippen LogP contribution in [0.25, 0.3) is 21.9 Å². The molecule has 4 rings (SSSR count). The average Bonchev–Trinajstić information content (AvgIpc) is 2.64. The fraction of sp³-hybridized carbons (Fsp3) is 0.286. The minimum Gasteiger partial charge on any atom is -0.490 e. The molecule has 0 unspecified atom stereocenters. The molecule has 1 saturated carbocycles. The fourth-order valence-corrected chi connectivity index (χ4v) is 3.94. The summed E-state index contributed by atoms with van der Waals surface area (Å²) in [7, 11) is 0. The van der Waals surface area contributed by atoms with Crippen LogP contribution in [0.4, 0.5) is 5.82 Å². The molecule has 1 aromatic heterocycles. The summed E-state index contributed by atoms with van der Waals surface area (Å²) >= 11 is 6.55. The van der Waals surface area contributed by atoms with E-state index in [1.54, 1.807) is 6.20 Å². The van der Waals surface area contributed by atoms with Gasteiger partial charge in [-0.1, -0.05) is 41.9 Å². The van der Waals surface area contributed by atoms with Crippen molar-refractivity contribution < 1.29 is 4.74 Å². The quantitative estimate of drug-likeness (QED) is 0.698. The molecule has 134 valence electrons. The maximum absolute atomic E-state index is 6.55. The van der Waals surface area contributed by atoms with E-state index in [0.717, 1.165) is 53.3 Å². The van der Waals surface area contributed by atoms with Gasteiger partial charge >= 0.3 is 0 Å². The first-order valence-corrected chi connectivity index (χ1v) is 9.35. The van der Waals surface area contributed by atoms with Crippen molar-refractivity contribution in [2.24, 2.45) is 5.73 Å². The number of hydrogen-bond acceptors (Lipinski definition) is 4. The summed E-state index contributed by atoms with van der Waals surface area (Å²) in [6.07, 6.45) is 5.92. The van der Waals surface area contributed by atoms with Gasteiger partial charge in [0.15, 0.2) is 0 Å². The van der Waals surface area contributed by atoms with E-state index in [4.69, 9.17) is 27.8 Å². The lowest BCUT2D eigenvalue weighted by Crippen LogP contribution is -2.31. The van der Waals surface area contributed by atoms with Crippen molar-refractivity contribution in [1.82, 2.24) is 4.98 Å². The molecule has 3 aromatic rings. The number of halogens is 1. The zero-order chi connectivity index (χ0) is 18.1. The molecule has 1 aliphatic carbocycles. The van der Waals surface area contributed by atoms with E-state index >= 15 is 0 Å². The van der Waals surface area contributed by atoms with Crippen molar-refractivity contribution >= 4 is 28.2 Å². The van der Waals surface area contributed by atoms with Gasteiger partial charge in [0, 0.05) is 23.2 Å². The second-order valence-electron chi connectivity index (χ2n) is 6.91. The van der Waals surface area contributed by atoms with Gasteiger partial charge in [-0.3, -0.25) is 0 Å². The molecule has 4 N–H and O–H groups in total. The number of anilines is 1. The average molecular weight is 368 g/mol. The summed E-state index contributed by atoms with van der Waals surface area (Å²) in [6, 6.07) is 14.3. The highest BCUT2D eigenvalue weighted by molar-refractivity contribution is 6.37. The highest BCUT2D eigenvalue weighted by atomic mass is 35.5. The molecule has 0 aliphatic heterocycles. The Kier molecular flexibility index (Phi) is 4.70. The Labute approximate surface area is 158 Å². The van der Waals surface area contributed by atoms with E-state index in [2.05, 4.69) is 17.1 Å². The van der Waals surface area contributed by atoms with Crippen molar-refractivity contribution in [1.29, 1.82) is 0 Å². The second-order valence-corrected chi connectivity index (χ2v) is 7.31. The van der Waals surface area contributed by atoms with Crippen molar-refractivity contribution in [2.75, 3.05) is 5.73 Å². The molecular formula is C21H22ClN3O. The number of benzene rings is 2. The zero-order valence-corrected chi connectivity index (χ0v) is 15.2. The van der Waals surface area contributed by atoms with Crippen molar-refractivity contribution in [3.05, 3.63) is 53.7 Å². The van der Waals surface area contributed by atoms with Crippen LogP contribution in [0.2, 0.25) is 5.02 Å². The fourth-order valence-electron chi connectivity index (χ4n) is 3.64. The first-order valence-electron chi connectivity index (χ1n) is 8.97. The first kappa shape index (κ1) is 17.1. The lowest BCUT2D eigenvalue weighted by atomic mass is 9.93. The smallest absolute Gasteiger partial charge is 0.132 e. The van der Waals surface area contributed by atoms with Crippen LogP contribution in [0.5, 0.6) is 5.75 Å². The zero-order valence-electron chi connectivity index (χ0n) is 14.5. The Balaban J connectivity index is 1.77. The normalized spacial score (nSPS) is 20.2. The molecule has 0 radical (unpaired) electrons. The summed E-state index contributed by atoms with van der Waals surface area (Å²) in [4.78, 5) is 4.34. The number of nitrogens with two attached hydrogens (primary N) is 2. The van der Waals surface area contributed by atoms with E-state index in [0.29, 0.717) is 16.9 Å². The van der Waals surface area contributed by atoms with E-state index < -0.39 is 0 Å². The van der Waals surface area contributed by atoms with Gasteiger partial charge in [0.2, 0.25) is 0 Å². The number of nitrogens with zero attached hydrogens (tertiary/aromatic N) is 1. The van der Waals surface area contributed by atoms with E-state index in [9.17, 15) is 0 Å². The minimum atomic E-state index is 0.183. The van der Waals surface area contributed by atoms with Crippen LogP contribution in [0.1, 0.15) is 25.7 Å². The molecule has 0 saturated heterocycles. The Morgan fingerprint density at radius 1 is 1.04 bits per heavy atom. The lowest BCUT2D eigenvalue weighted by Gasteiger charge is -2.27. The van der Waals surface area contributed by atoms with Crippen LogP contribution in [-0.4, -0.2) is 17.1 Å². The standard InChI is InChI=1S/C21H22ClN3O/c22-19-11-16(26-15-8-6-14(23)7-9-15)10-17-18(12-25-21(24)20(17)19)13-4-2-1-3-5-13/h1-5,10-12,14-15H,6-9,23H2,(H2,24,25)/t14-,15-. The number of nitrogen functional groups attached to an aromatic ring is 1. The van der Waals surface area contributed by atoms with Gasteiger partial charge in [-0.2, -0.15) is 0 Å². The Morgan fingerprint density at radius 2 is 1.77 bits per heavy atom. The van der Waals surface area contributed by atoms with Crippen LogP contribution < -0.4 is 16.2 Å². The summed E-state index contributed by atoms with van der Waals surface area (Å²) in [5, 5.41) is 2.29. The van der Waals surface area contributed by atoms with E-state index in [-0.39, 0.29) is 6.10 Å². The topological polar surface area (TPSA) is 74.2 Å². The maximum Gasteiger partial charge on any atom is 0.132 e. The Bertz CT molecular complexity index is 921. The number of pyridine rings is 1. The third kappa shape index (κ3) is 3.35. The predicted octanol–water partition coefficient (Wildman–Crippen LogP) is 4.79. The molecule has 2 aromatic carbocycles. The van der Waals surface area contributed by atoms with Gasteiger partial charge in [0.1, 0.15) is 11.6 Å². The minimum absolute atomic E-state index is 0.183. The maximum atomic E-state index is 6.55. The van der Waals surface area contributed by atoms with Crippen LogP contribution >= 0.6 is 11.6 Å². The lowest BCUT2D eigenvalue weighted by molar-refractivity contribution is 0.147. The van der Waals surface area contributed by atoms with E-state index in [1.807, 2.05) is 30.3 Å². The predicted molar refractivity (Wildman–Crippen MR) is 107 cm³/mol. The molecule has 0 spiro atoms. The molecule has 1 fully saturated rings. The summed E-state index contributed by atoms with van der Waals surface area (Å²) in [5.74, 6) is 1.20. The Hall–Kier alpha value is -2.30. The molecule has 0 bridgehead atoms. The van der Waals surface area contributed by atoms with Gasteiger partial charge in [-0.15, -0.1) is 0 Å². The summed E-state index contributed by atoms with van der Waals surface area (Å²) < 4.78 is 6.22. The number of fused-ring (bicyclic) bond motifs is 1. The monoisotopic (exact) mass is 367 g/mol. The third-order valence-electron chi connectivity index (χ3n) is 5.05. The van der Waals surface area contributed by atoms with Gasteiger partial charge in [-0.25, -0.2) is 4.98 Å². The number of ether oxygens (including phenoxy) is 1. The van der Waals surface area contributed by atoms with Gasteiger partial charge in [0.05, 0.1) is 11.1 Å².